The number of carbonyl (C=O) groups excluding carboxylic acids is 2. The van der Waals surface area contributed by atoms with Gasteiger partial charge in [-0.25, -0.2) is 4.98 Å². The summed E-state index contributed by atoms with van der Waals surface area (Å²) in [5.41, 5.74) is 1.46. The molecule has 4 aliphatic carbocycles. The smallest absolute Gasteiger partial charge is 0.265 e. The number of aromatic nitrogens is 2. The average Bonchev–Trinajstić information content (AvgIpc) is 3.19. The number of piperazine rings is 1. The van der Waals surface area contributed by atoms with Crippen LogP contribution in [0.15, 0.2) is 24.4 Å². The maximum absolute atomic E-state index is 13.6. The van der Waals surface area contributed by atoms with Crippen LogP contribution in [-0.4, -0.2) is 57.8 Å². The molecule has 4 bridgehead atoms. The van der Waals surface area contributed by atoms with Crippen LogP contribution in [0, 0.1) is 30.1 Å². The number of nitrogens with zero attached hydrogens (tertiary/aromatic N) is 4. The third kappa shape index (κ3) is 3.36. The van der Waals surface area contributed by atoms with Crippen molar-refractivity contribution < 1.29 is 9.59 Å². The van der Waals surface area contributed by atoms with E-state index in [1.165, 1.54) is 30.6 Å². The predicted molar refractivity (Wildman–Crippen MR) is 123 cm³/mol. The van der Waals surface area contributed by atoms with Crippen LogP contribution >= 0.6 is 11.3 Å². The Bertz CT molecular complexity index is 1010. The molecule has 0 N–H and O–H groups in total. The molecule has 0 spiro atoms. The zero-order valence-electron chi connectivity index (χ0n) is 18.6. The molecule has 0 atom stereocenters. The molecule has 0 radical (unpaired) electrons. The lowest BCUT2D eigenvalue weighted by molar-refractivity contribution is -0.159. The van der Waals surface area contributed by atoms with Gasteiger partial charge >= 0.3 is 0 Å². The van der Waals surface area contributed by atoms with Gasteiger partial charge in [-0.05, 0) is 75.3 Å². The second-order valence-corrected chi connectivity index (χ2v) is 11.4. The van der Waals surface area contributed by atoms with Gasteiger partial charge in [0.25, 0.3) is 5.91 Å². The van der Waals surface area contributed by atoms with Gasteiger partial charge in [-0.2, -0.15) is 0 Å². The lowest BCUT2D eigenvalue weighted by Crippen LogP contribution is -2.58. The SMILES string of the molecule is Cc1nc(-c2ccccn2)sc1C(=O)N1CCN(C(=O)C23CC4CC(CC(C4)C2)C3)CC1. The normalized spacial score (nSPS) is 31.2. The second kappa shape index (κ2) is 7.65. The van der Waals surface area contributed by atoms with Gasteiger partial charge in [0.15, 0.2) is 0 Å². The molecule has 5 aliphatic rings. The third-order valence-corrected chi connectivity index (χ3v) is 9.39. The molecule has 6 nitrogen and oxygen atoms in total. The van der Waals surface area contributed by atoms with Crippen molar-refractivity contribution in [3.8, 4) is 10.7 Å². The number of pyridine rings is 1. The van der Waals surface area contributed by atoms with Gasteiger partial charge < -0.3 is 9.80 Å². The first kappa shape index (κ1) is 20.3. The molecule has 32 heavy (non-hydrogen) atoms. The molecule has 168 valence electrons. The Kier molecular flexibility index (Phi) is 4.86. The van der Waals surface area contributed by atoms with Crippen LogP contribution in [-0.2, 0) is 4.79 Å². The predicted octanol–water partition coefficient (Wildman–Crippen LogP) is 4.01. The second-order valence-electron chi connectivity index (χ2n) is 10.4. The van der Waals surface area contributed by atoms with Crippen LogP contribution in [0.2, 0.25) is 0 Å². The molecule has 0 aromatic carbocycles. The van der Waals surface area contributed by atoms with E-state index < -0.39 is 0 Å². The van der Waals surface area contributed by atoms with Gasteiger partial charge in [-0.15, -0.1) is 11.3 Å². The topological polar surface area (TPSA) is 66.4 Å². The summed E-state index contributed by atoms with van der Waals surface area (Å²) in [6.07, 6.45) is 9.11. The lowest BCUT2D eigenvalue weighted by Gasteiger charge is -2.57. The number of aryl methyl sites for hydroxylation is 1. The number of hydrogen-bond donors (Lipinski definition) is 0. The van der Waals surface area contributed by atoms with Crippen molar-refractivity contribution in [1.82, 2.24) is 19.8 Å². The lowest BCUT2D eigenvalue weighted by atomic mass is 9.49. The van der Waals surface area contributed by atoms with Gasteiger partial charge in [0.1, 0.15) is 9.88 Å². The standard InChI is InChI=1S/C25H30N4O2S/c1-16-21(32-22(27-16)20-4-2-3-5-26-20)23(30)28-6-8-29(9-7-28)24(31)25-13-17-10-18(14-25)12-19(11-17)15-25/h2-5,17-19H,6-15H2,1H3. The monoisotopic (exact) mass is 450 g/mol. The fourth-order valence-corrected chi connectivity index (χ4v) is 8.17. The van der Waals surface area contributed by atoms with E-state index in [4.69, 9.17) is 0 Å². The Morgan fingerprint density at radius 1 is 0.969 bits per heavy atom. The van der Waals surface area contributed by atoms with Gasteiger partial charge in [0.05, 0.1) is 16.8 Å². The third-order valence-electron chi connectivity index (χ3n) is 8.22. The Labute approximate surface area is 193 Å². The molecule has 1 aliphatic heterocycles. The summed E-state index contributed by atoms with van der Waals surface area (Å²) < 4.78 is 0. The molecule has 0 unspecified atom stereocenters. The number of hydrogen-bond acceptors (Lipinski definition) is 5. The van der Waals surface area contributed by atoms with Crippen LogP contribution in [0.5, 0.6) is 0 Å². The van der Waals surface area contributed by atoms with E-state index in [1.807, 2.05) is 30.0 Å². The van der Waals surface area contributed by atoms with Crippen molar-refractivity contribution in [3.05, 3.63) is 35.0 Å². The van der Waals surface area contributed by atoms with E-state index >= 15 is 0 Å². The van der Waals surface area contributed by atoms with Crippen molar-refractivity contribution in [2.45, 2.75) is 45.4 Å². The van der Waals surface area contributed by atoms with E-state index in [0.29, 0.717) is 37.0 Å². The van der Waals surface area contributed by atoms with Crippen molar-refractivity contribution in [3.63, 3.8) is 0 Å². The van der Waals surface area contributed by atoms with Crippen LogP contribution in [0.1, 0.15) is 53.9 Å². The molecule has 4 saturated carbocycles. The fourth-order valence-electron chi connectivity index (χ4n) is 7.16. The molecular formula is C25H30N4O2S. The van der Waals surface area contributed by atoms with Crippen LogP contribution in [0.25, 0.3) is 10.7 Å². The molecule has 2 aromatic rings. The van der Waals surface area contributed by atoms with Crippen LogP contribution < -0.4 is 0 Å². The van der Waals surface area contributed by atoms with Crippen molar-refractivity contribution >= 4 is 23.2 Å². The number of thiazole rings is 1. The largest absolute Gasteiger partial charge is 0.339 e. The minimum absolute atomic E-state index is 0.0316. The molecular weight excluding hydrogens is 420 g/mol. The molecule has 1 saturated heterocycles. The summed E-state index contributed by atoms with van der Waals surface area (Å²) in [7, 11) is 0. The van der Waals surface area contributed by atoms with E-state index in [0.717, 1.165) is 53.4 Å². The summed E-state index contributed by atoms with van der Waals surface area (Å²) in [4.78, 5) is 40.5. The van der Waals surface area contributed by atoms with Crippen molar-refractivity contribution in [1.29, 1.82) is 0 Å². The maximum atomic E-state index is 13.6. The van der Waals surface area contributed by atoms with Gasteiger partial charge in [0, 0.05) is 32.4 Å². The summed E-state index contributed by atoms with van der Waals surface area (Å²) >= 11 is 1.41. The Morgan fingerprint density at radius 3 is 2.19 bits per heavy atom. The zero-order chi connectivity index (χ0) is 21.9. The fraction of sp³-hybridized carbons (Fsp3) is 0.600. The number of carbonyl (C=O) groups is 2. The first-order valence-electron chi connectivity index (χ1n) is 12.0. The average molecular weight is 451 g/mol. The molecule has 7 heteroatoms. The summed E-state index contributed by atoms with van der Waals surface area (Å²) in [5.74, 6) is 2.74. The first-order chi connectivity index (χ1) is 15.5. The summed E-state index contributed by atoms with van der Waals surface area (Å²) in [6, 6.07) is 5.72. The van der Waals surface area contributed by atoms with Gasteiger partial charge in [0.2, 0.25) is 5.91 Å². The Balaban J connectivity index is 1.12. The number of amides is 2. The van der Waals surface area contributed by atoms with E-state index in [1.54, 1.807) is 6.20 Å². The highest BCUT2D eigenvalue weighted by Crippen LogP contribution is 2.60. The molecule has 5 fully saturated rings. The molecule has 2 amide bonds. The highest BCUT2D eigenvalue weighted by molar-refractivity contribution is 7.17. The number of rotatable bonds is 3. The summed E-state index contributed by atoms with van der Waals surface area (Å²) in [6.45, 7) is 4.40. The molecule has 7 rings (SSSR count). The summed E-state index contributed by atoms with van der Waals surface area (Å²) in [5, 5.41) is 0.780. The highest BCUT2D eigenvalue weighted by Gasteiger charge is 2.55. The minimum Gasteiger partial charge on any atom is -0.339 e. The van der Waals surface area contributed by atoms with Gasteiger partial charge in [-0.1, -0.05) is 6.07 Å². The van der Waals surface area contributed by atoms with Crippen molar-refractivity contribution in [2.24, 2.45) is 23.2 Å². The minimum atomic E-state index is -0.0905. The van der Waals surface area contributed by atoms with E-state index in [9.17, 15) is 9.59 Å². The molecule has 3 heterocycles. The maximum Gasteiger partial charge on any atom is 0.265 e. The van der Waals surface area contributed by atoms with E-state index in [-0.39, 0.29) is 11.3 Å². The van der Waals surface area contributed by atoms with E-state index in [2.05, 4.69) is 14.9 Å². The quantitative estimate of drug-likeness (QED) is 0.709. The van der Waals surface area contributed by atoms with Gasteiger partial charge in [-0.3, -0.25) is 14.6 Å². The van der Waals surface area contributed by atoms with Crippen LogP contribution in [0.4, 0.5) is 0 Å². The molecule has 2 aromatic heterocycles. The van der Waals surface area contributed by atoms with Crippen LogP contribution in [0.3, 0.4) is 0 Å². The van der Waals surface area contributed by atoms with Crippen molar-refractivity contribution in [2.75, 3.05) is 26.2 Å². The zero-order valence-corrected chi connectivity index (χ0v) is 19.4. The Hall–Kier alpha value is -2.28. The first-order valence-corrected chi connectivity index (χ1v) is 12.8. The highest BCUT2D eigenvalue weighted by atomic mass is 32.1. The Morgan fingerprint density at radius 2 is 1.59 bits per heavy atom.